The number of carbonyl (C=O) groups excluding carboxylic acids is 1. The highest BCUT2D eigenvalue weighted by Gasteiger charge is 2.42. The molecule has 0 spiro atoms. The SMILES string of the molecule is CCC(=O)Nc1ccc(N2C(=S)N[C@H](c3ccccn3)[C@H]2c2cccn2CC)cc1C. The smallest absolute Gasteiger partial charge is 0.224 e. The number of pyridine rings is 1. The quantitative estimate of drug-likeness (QED) is 0.550. The van der Waals surface area contributed by atoms with Crippen LogP contribution >= 0.6 is 12.2 Å². The molecule has 2 N–H and O–H groups in total. The van der Waals surface area contributed by atoms with E-state index in [4.69, 9.17) is 12.2 Å². The molecule has 1 aliphatic rings. The predicted octanol–water partition coefficient (Wildman–Crippen LogP) is 4.74. The zero-order valence-electron chi connectivity index (χ0n) is 18.0. The van der Waals surface area contributed by atoms with Gasteiger partial charge in [-0.2, -0.15) is 0 Å². The van der Waals surface area contributed by atoms with Gasteiger partial charge in [0.1, 0.15) is 6.04 Å². The monoisotopic (exact) mass is 433 g/mol. The molecule has 6 nitrogen and oxygen atoms in total. The van der Waals surface area contributed by atoms with E-state index in [1.54, 1.807) is 0 Å². The van der Waals surface area contributed by atoms with Crippen molar-refractivity contribution in [2.24, 2.45) is 0 Å². The third-order valence-corrected chi connectivity index (χ3v) is 6.00. The molecule has 3 heterocycles. The molecule has 4 rings (SSSR count). The zero-order valence-corrected chi connectivity index (χ0v) is 18.8. The molecule has 2 atom stereocenters. The standard InChI is InChI=1S/C24H27N5OS/c1-4-21(30)26-18-12-11-17(15-16(18)3)29-23(20-10-8-14-28(20)5-2)22(27-24(29)31)19-9-6-7-13-25-19/h6-15,22-23H,4-5H2,1-3H3,(H,26,30)(H,27,31)/t22-,23-/m1/s1. The number of nitrogens with one attached hydrogen (secondary N) is 2. The first-order chi connectivity index (χ1) is 15.0. The highest BCUT2D eigenvalue weighted by molar-refractivity contribution is 7.80. The molecule has 0 aliphatic carbocycles. The second-order valence-electron chi connectivity index (χ2n) is 7.62. The second kappa shape index (κ2) is 8.89. The number of carbonyl (C=O) groups is 1. The Bertz CT molecular complexity index is 1090. The molecule has 3 aromatic rings. The van der Waals surface area contributed by atoms with Crippen LogP contribution in [0.1, 0.15) is 49.3 Å². The first-order valence-corrected chi connectivity index (χ1v) is 11.0. The van der Waals surface area contributed by atoms with Gasteiger partial charge in [-0.05, 0) is 74.1 Å². The van der Waals surface area contributed by atoms with Gasteiger partial charge in [0.05, 0.1) is 11.7 Å². The summed E-state index contributed by atoms with van der Waals surface area (Å²) in [6, 6.07) is 16.1. The molecule has 7 heteroatoms. The van der Waals surface area contributed by atoms with Crippen LogP contribution in [-0.2, 0) is 11.3 Å². The van der Waals surface area contributed by atoms with Crippen molar-refractivity contribution in [3.63, 3.8) is 0 Å². The van der Waals surface area contributed by atoms with Gasteiger partial charge >= 0.3 is 0 Å². The number of aromatic nitrogens is 2. The van der Waals surface area contributed by atoms with E-state index in [-0.39, 0.29) is 18.0 Å². The minimum Gasteiger partial charge on any atom is -0.351 e. The van der Waals surface area contributed by atoms with Gasteiger partial charge in [-0.3, -0.25) is 9.78 Å². The normalized spacial score (nSPS) is 18.2. The average molecular weight is 434 g/mol. The van der Waals surface area contributed by atoms with Gasteiger partial charge in [-0.15, -0.1) is 0 Å². The summed E-state index contributed by atoms with van der Waals surface area (Å²) in [5.41, 5.74) is 4.92. The van der Waals surface area contributed by atoms with E-state index in [1.165, 1.54) is 5.69 Å². The summed E-state index contributed by atoms with van der Waals surface area (Å²) in [5.74, 6) is 0.00285. The predicted molar refractivity (Wildman–Crippen MR) is 128 cm³/mol. The lowest BCUT2D eigenvalue weighted by Crippen LogP contribution is -2.30. The van der Waals surface area contributed by atoms with Crippen LogP contribution in [0.4, 0.5) is 11.4 Å². The van der Waals surface area contributed by atoms with Gasteiger partial charge in [-0.25, -0.2) is 0 Å². The summed E-state index contributed by atoms with van der Waals surface area (Å²) >= 11 is 5.80. The van der Waals surface area contributed by atoms with Crippen molar-refractivity contribution in [1.29, 1.82) is 0 Å². The minimum atomic E-state index is -0.0753. The Labute approximate surface area is 188 Å². The van der Waals surface area contributed by atoms with Crippen LogP contribution in [0, 0.1) is 6.92 Å². The van der Waals surface area contributed by atoms with E-state index in [9.17, 15) is 4.79 Å². The Kier molecular flexibility index (Phi) is 6.04. The first-order valence-electron chi connectivity index (χ1n) is 10.6. The van der Waals surface area contributed by atoms with Crippen molar-refractivity contribution >= 4 is 34.6 Å². The van der Waals surface area contributed by atoms with E-state index in [0.29, 0.717) is 11.5 Å². The number of benzene rings is 1. The van der Waals surface area contributed by atoms with Crippen LogP contribution in [0.2, 0.25) is 0 Å². The summed E-state index contributed by atoms with van der Waals surface area (Å²) in [4.78, 5) is 18.6. The van der Waals surface area contributed by atoms with Crippen molar-refractivity contribution in [2.45, 2.75) is 45.8 Å². The maximum absolute atomic E-state index is 11.8. The third-order valence-electron chi connectivity index (χ3n) is 5.69. The Morgan fingerprint density at radius 3 is 2.71 bits per heavy atom. The molecule has 1 saturated heterocycles. The summed E-state index contributed by atoms with van der Waals surface area (Å²) in [6.45, 7) is 6.86. The number of aryl methyl sites for hydroxylation is 2. The van der Waals surface area contributed by atoms with Crippen molar-refractivity contribution in [2.75, 3.05) is 10.2 Å². The molecule has 1 amide bonds. The lowest BCUT2D eigenvalue weighted by Gasteiger charge is -2.29. The Hall–Kier alpha value is -3.19. The van der Waals surface area contributed by atoms with Crippen LogP contribution in [-0.4, -0.2) is 20.6 Å². The topological polar surface area (TPSA) is 62.2 Å². The maximum Gasteiger partial charge on any atom is 0.224 e. The van der Waals surface area contributed by atoms with E-state index in [2.05, 4.69) is 56.4 Å². The van der Waals surface area contributed by atoms with Crippen LogP contribution < -0.4 is 15.5 Å². The fraction of sp³-hybridized carbons (Fsp3) is 0.292. The molecule has 1 fully saturated rings. The van der Waals surface area contributed by atoms with Crippen molar-refractivity contribution in [1.82, 2.24) is 14.9 Å². The first kappa shape index (κ1) is 21.1. The van der Waals surface area contributed by atoms with Gasteiger partial charge in [0.25, 0.3) is 0 Å². The van der Waals surface area contributed by atoms with Crippen LogP contribution in [0.3, 0.4) is 0 Å². The van der Waals surface area contributed by atoms with Gasteiger partial charge in [0.15, 0.2) is 5.11 Å². The van der Waals surface area contributed by atoms with Gasteiger partial charge in [0.2, 0.25) is 5.91 Å². The molecule has 1 aliphatic heterocycles. The summed E-state index contributed by atoms with van der Waals surface area (Å²) in [7, 11) is 0. The van der Waals surface area contributed by atoms with E-state index in [1.807, 2.05) is 50.4 Å². The largest absolute Gasteiger partial charge is 0.351 e. The number of hydrogen-bond donors (Lipinski definition) is 2. The molecular formula is C24H27N5OS. The lowest BCUT2D eigenvalue weighted by molar-refractivity contribution is -0.115. The van der Waals surface area contributed by atoms with Crippen LogP contribution in [0.15, 0.2) is 60.9 Å². The molecule has 31 heavy (non-hydrogen) atoms. The summed E-state index contributed by atoms with van der Waals surface area (Å²) in [5, 5.41) is 7.12. The third kappa shape index (κ3) is 4.05. The van der Waals surface area contributed by atoms with Gasteiger partial charge < -0.3 is 20.1 Å². The molecule has 0 saturated carbocycles. The van der Waals surface area contributed by atoms with Crippen LogP contribution in [0.5, 0.6) is 0 Å². The second-order valence-corrected chi connectivity index (χ2v) is 8.00. The molecule has 2 aromatic heterocycles. The number of rotatable bonds is 6. The van der Waals surface area contributed by atoms with E-state index in [0.717, 1.165) is 29.2 Å². The number of thiocarbonyl (C=S) groups is 1. The Morgan fingerprint density at radius 1 is 1.19 bits per heavy atom. The number of nitrogens with zero attached hydrogens (tertiary/aromatic N) is 3. The molecule has 160 valence electrons. The van der Waals surface area contributed by atoms with Gasteiger partial charge in [-0.1, -0.05) is 13.0 Å². The minimum absolute atomic E-state index is 0.00285. The number of anilines is 2. The summed E-state index contributed by atoms with van der Waals surface area (Å²) < 4.78 is 2.24. The summed E-state index contributed by atoms with van der Waals surface area (Å²) in [6.07, 6.45) is 4.36. The average Bonchev–Trinajstić information content (AvgIpc) is 3.39. The lowest BCUT2D eigenvalue weighted by atomic mass is 10.0. The highest BCUT2D eigenvalue weighted by atomic mass is 32.1. The molecule has 0 bridgehead atoms. The van der Waals surface area contributed by atoms with E-state index >= 15 is 0 Å². The fourth-order valence-electron chi connectivity index (χ4n) is 4.09. The highest BCUT2D eigenvalue weighted by Crippen LogP contribution is 2.42. The van der Waals surface area contributed by atoms with Crippen molar-refractivity contribution < 1.29 is 4.79 Å². The zero-order chi connectivity index (χ0) is 22.0. The Morgan fingerprint density at radius 2 is 2.03 bits per heavy atom. The molecule has 0 radical (unpaired) electrons. The van der Waals surface area contributed by atoms with E-state index < -0.39 is 0 Å². The fourth-order valence-corrected chi connectivity index (χ4v) is 4.44. The van der Waals surface area contributed by atoms with Crippen molar-refractivity contribution in [3.05, 3.63) is 77.9 Å². The van der Waals surface area contributed by atoms with Crippen molar-refractivity contribution in [3.8, 4) is 0 Å². The molecule has 0 unspecified atom stereocenters. The number of hydrogen-bond acceptors (Lipinski definition) is 3. The molecule has 1 aromatic carbocycles. The van der Waals surface area contributed by atoms with Gasteiger partial charge in [0, 0.05) is 42.4 Å². The molecular weight excluding hydrogens is 406 g/mol. The maximum atomic E-state index is 11.8. The number of amides is 1. The van der Waals surface area contributed by atoms with Crippen LogP contribution in [0.25, 0.3) is 0 Å². The Balaban J connectivity index is 1.77.